The number of nitrogens with two attached hydrogens (primary N) is 1. The van der Waals surface area contributed by atoms with E-state index in [4.69, 9.17) is 36.5 Å². The lowest BCUT2D eigenvalue weighted by atomic mass is 9.55. The maximum absolute atomic E-state index is 10.6. The van der Waals surface area contributed by atoms with Crippen LogP contribution in [0.3, 0.4) is 0 Å². The molecular formula is C21H23ClN4O4. The number of halogens is 1. The summed E-state index contributed by atoms with van der Waals surface area (Å²) in [6, 6.07) is 9.16. The second-order valence-corrected chi connectivity index (χ2v) is 8.88. The molecule has 4 N–H and O–H groups in total. The molecule has 2 atom stereocenters. The zero-order valence-corrected chi connectivity index (χ0v) is 17.4. The topological polar surface area (TPSA) is 111 Å². The van der Waals surface area contributed by atoms with Crippen LogP contribution < -0.4 is 15.8 Å². The molecule has 0 bridgehead atoms. The zero-order chi connectivity index (χ0) is 21.1. The van der Waals surface area contributed by atoms with Gasteiger partial charge in [-0.15, -0.1) is 0 Å². The molecule has 2 aromatic rings. The van der Waals surface area contributed by atoms with Gasteiger partial charge in [0, 0.05) is 17.4 Å². The molecular weight excluding hydrogens is 408 g/mol. The average molecular weight is 431 g/mol. The Morgan fingerprint density at radius 2 is 2.00 bits per heavy atom. The summed E-state index contributed by atoms with van der Waals surface area (Å²) in [6.45, 7) is 5.40. The second kappa shape index (κ2) is 6.47. The van der Waals surface area contributed by atoms with Gasteiger partial charge >= 0.3 is 0 Å². The molecule has 8 nitrogen and oxygen atoms in total. The molecule has 1 aromatic carbocycles. The summed E-state index contributed by atoms with van der Waals surface area (Å²) in [7, 11) is 0. The first-order valence-electron chi connectivity index (χ1n) is 9.72. The van der Waals surface area contributed by atoms with Crippen molar-refractivity contribution in [3.05, 3.63) is 52.8 Å². The number of aliphatic hydroxyl groups excluding tert-OH is 1. The number of hydrogen-bond acceptors (Lipinski definition) is 8. The molecule has 3 aliphatic rings. The largest absolute Gasteiger partial charge is 0.487 e. The van der Waals surface area contributed by atoms with Gasteiger partial charge in [0.25, 0.3) is 6.02 Å². The van der Waals surface area contributed by atoms with Gasteiger partial charge in [0.2, 0.25) is 0 Å². The van der Waals surface area contributed by atoms with Crippen LogP contribution in [0.25, 0.3) is 0 Å². The fourth-order valence-corrected chi connectivity index (χ4v) is 4.76. The molecule has 1 fully saturated rings. The Kier molecular flexibility index (Phi) is 4.19. The van der Waals surface area contributed by atoms with Gasteiger partial charge in [0.15, 0.2) is 6.23 Å². The van der Waals surface area contributed by atoms with Gasteiger partial charge < -0.3 is 30.4 Å². The van der Waals surface area contributed by atoms with Gasteiger partial charge in [0.05, 0.1) is 29.3 Å². The van der Waals surface area contributed by atoms with E-state index in [2.05, 4.69) is 10.3 Å². The number of nitrogens with zero attached hydrogens (tertiary/aromatic N) is 2. The van der Waals surface area contributed by atoms with Crippen LogP contribution in [0.5, 0.6) is 5.75 Å². The number of ether oxygens (including phenoxy) is 3. The molecule has 1 aromatic heterocycles. The summed E-state index contributed by atoms with van der Waals surface area (Å²) in [4.78, 5) is 8.94. The van der Waals surface area contributed by atoms with Gasteiger partial charge in [-0.25, -0.2) is 4.99 Å². The number of aliphatic hydroxyl groups is 1. The minimum absolute atomic E-state index is 0.161. The van der Waals surface area contributed by atoms with Gasteiger partial charge in [-0.3, -0.25) is 4.98 Å². The van der Waals surface area contributed by atoms with E-state index in [1.807, 2.05) is 32.0 Å². The van der Waals surface area contributed by atoms with Gasteiger partial charge in [-0.05, 0) is 44.2 Å². The molecule has 0 amide bonds. The van der Waals surface area contributed by atoms with Crippen molar-refractivity contribution >= 4 is 23.3 Å². The van der Waals surface area contributed by atoms with Crippen molar-refractivity contribution < 1.29 is 19.3 Å². The quantitative estimate of drug-likeness (QED) is 0.641. The predicted octanol–water partition coefficient (Wildman–Crippen LogP) is 2.57. The third-order valence-electron chi connectivity index (χ3n) is 6.50. The first kappa shape index (κ1) is 19.4. The van der Waals surface area contributed by atoms with E-state index in [9.17, 15) is 5.11 Å². The van der Waals surface area contributed by atoms with Crippen LogP contribution in [0.2, 0.25) is 5.02 Å². The molecule has 4 heterocycles. The first-order valence-corrected chi connectivity index (χ1v) is 10.1. The summed E-state index contributed by atoms with van der Waals surface area (Å²) in [6.07, 6.45) is 0.486. The number of aromatic nitrogens is 1. The number of aliphatic imine (C=N–C) groups is 1. The molecule has 0 aliphatic carbocycles. The predicted molar refractivity (Wildman–Crippen MR) is 111 cm³/mol. The minimum atomic E-state index is -1.01. The molecule has 9 heteroatoms. The number of pyridine rings is 1. The molecule has 0 saturated carbocycles. The van der Waals surface area contributed by atoms with E-state index in [0.29, 0.717) is 42.0 Å². The highest BCUT2D eigenvalue weighted by atomic mass is 35.5. The van der Waals surface area contributed by atoms with Crippen LogP contribution in [-0.2, 0) is 15.0 Å². The highest BCUT2D eigenvalue weighted by Gasteiger charge is 2.71. The Labute approximate surface area is 179 Å². The molecule has 1 saturated heterocycles. The summed E-state index contributed by atoms with van der Waals surface area (Å²) in [5.74, 6) is 0.712. The fourth-order valence-electron chi connectivity index (χ4n) is 4.65. The number of rotatable bonds is 3. The van der Waals surface area contributed by atoms with Crippen LogP contribution in [-0.4, -0.2) is 41.5 Å². The van der Waals surface area contributed by atoms with Gasteiger partial charge in [-0.1, -0.05) is 11.6 Å². The average Bonchev–Trinajstić information content (AvgIpc) is 3.03. The molecule has 3 aliphatic heterocycles. The van der Waals surface area contributed by atoms with E-state index in [1.54, 1.807) is 12.1 Å². The molecule has 0 radical (unpaired) electrons. The third kappa shape index (κ3) is 2.60. The fraction of sp³-hybridized carbons (Fsp3) is 0.429. The van der Waals surface area contributed by atoms with Crippen LogP contribution in [0.15, 0.2) is 41.5 Å². The maximum Gasteiger partial charge on any atom is 0.283 e. The number of anilines is 1. The Bertz CT molecular complexity index is 1020. The van der Waals surface area contributed by atoms with E-state index >= 15 is 0 Å². The van der Waals surface area contributed by atoms with Crippen LogP contribution in [0, 0.1) is 5.41 Å². The molecule has 158 valence electrons. The lowest BCUT2D eigenvalue weighted by Gasteiger charge is -2.61. The van der Waals surface area contributed by atoms with Crippen molar-refractivity contribution in [2.24, 2.45) is 16.1 Å². The van der Waals surface area contributed by atoms with Crippen molar-refractivity contribution in [1.29, 1.82) is 0 Å². The number of nitrogens with one attached hydrogen (secondary N) is 1. The number of fused-ring (bicyclic) bond motifs is 3. The molecule has 5 rings (SSSR count). The monoisotopic (exact) mass is 430 g/mol. The van der Waals surface area contributed by atoms with Crippen LogP contribution in [0.1, 0.15) is 31.3 Å². The van der Waals surface area contributed by atoms with Crippen molar-refractivity contribution in [3.63, 3.8) is 0 Å². The van der Waals surface area contributed by atoms with E-state index in [1.165, 1.54) is 6.20 Å². The molecule has 30 heavy (non-hydrogen) atoms. The highest BCUT2D eigenvalue weighted by Crippen LogP contribution is 2.62. The maximum atomic E-state index is 10.6. The molecule has 2 spiro atoms. The summed E-state index contributed by atoms with van der Waals surface area (Å²) in [5.41, 5.74) is 6.29. The van der Waals surface area contributed by atoms with Crippen molar-refractivity contribution in [1.82, 2.24) is 4.98 Å². The van der Waals surface area contributed by atoms with E-state index in [0.717, 1.165) is 5.56 Å². The summed E-state index contributed by atoms with van der Waals surface area (Å²) >= 11 is 5.88. The highest BCUT2D eigenvalue weighted by molar-refractivity contribution is 6.30. The summed E-state index contributed by atoms with van der Waals surface area (Å²) in [5, 5.41) is 14.1. The number of amidine groups is 1. The van der Waals surface area contributed by atoms with Crippen molar-refractivity contribution in [2.45, 2.75) is 31.2 Å². The lowest BCUT2D eigenvalue weighted by Crippen LogP contribution is -2.71. The van der Waals surface area contributed by atoms with E-state index < -0.39 is 22.8 Å². The Morgan fingerprint density at radius 1 is 1.20 bits per heavy atom. The molecule has 2 unspecified atom stereocenters. The SMILES string of the molecule is CC1(C)Oc2ccc(NC(O)c3ccc(Cl)cn3)cc2C2(COC(N)=N2)C12COC2. The van der Waals surface area contributed by atoms with Crippen molar-refractivity contribution in [2.75, 3.05) is 25.1 Å². The lowest BCUT2D eigenvalue weighted by molar-refractivity contribution is -0.247. The van der Waals surface area contributed by atoms with Crippen LogP contribution >= 0.6 is 11.6 Å². The Balaban J connectivity index is 1.55. The number of hydrogen-bond donors (Lipinski definition) is 3. The van der Waals surface area contributed by atoms with E-state index in [-0.39, 0.29) is 6.02 Å². The normalized spacial score (nSPS) is 26.2. The number of benzene rings is 1. The standard InChI is InChI=1S/C21H23ClN4O4/c1-19(2)20(9-28-10-20)21(11-29-18(23)26-21)14-7-13(4-6-16(14)30-19)25-17(27)15-5-3-12(22)8-24-15/h3-8,17,25,27H,9-11H2,1-2H3,(H2,23,26). The Morgan fingerprint density at radius 3 is 2.60 bits per heavy atom. The zero-order valence-electron chi connectivity index (χ0n) is 16.7. The smallest absolute Gasteiger partial charge is 0.283 e. The van der Waals surface area contributed by atoms with Crippen molar-refractivity contribution in [3.8, 4) is 5.75 Å². The second-order valence-electron chi connectivity index (χ2n) is 8.45. The van der Waals surface area contributed by atoms with Crippen LogP contribution in [0.4, 0.5) is 5.69 Å². The third-order valence-corrected chi connectivity index (χ3v) is 6.72. The first-order chi connectivity index (χ1) is 14.3. The van der Waals surface area contributed by atoms with Gasteiger partial charge in [-0.2, -0.15) is 0 Å². The summed E-state index contributed by atoms with van der Waals surface area (Å²) < 4.78 is 17.7. The minimum Gasteiger partial charge on any atom is -0.487 e. The Hall–Kier alpha value is -2.55. The van der Waals surface area contributed by atoms with Gasteiger partial charge in [0.1, 0.15) is 23.5 Å².